The first-order chi connectivity index (χ1) is 13.9. The fourth-order valence-corrected chi connectivity index (χ4v) is 4.81. The number of hydrogen-bond donors (Lipinski definition) is 1. The van der Waals surface area contributed by atoms with Crippen LogP contribution in [-0.4, -0.2) is 37.2 Å². The Hall–Kier alpha value is -1.86. The molecule has 1 aliphatic heterocycles. The predicted octanol–water partition coefficient (Wildman–Crippen LogP) is 3.71. The summed E-state index contributed by atoms with van der Waals surface area (Å²) in [5.41, 5.74) is 4.92. The van der Waals surface area contributed by atoms with Crippen LogP contribution in [0.1, 0.15) is 23.1 Å². The molecule has 0 spiro atoms. The second-order valence-corrected chi connectivity index (χ2v) is 10.1. The van der Waals surface area contributed by atoms with Crippen LogP contribution in [0.15, 0.2) is 54.7 Å². The van der Waals surface area contributed by atoms with Crippen LogP contribution >= 0.6 is 12.4 Å². The van der Waals surface area contributed by atoms with Gasteiger partial charge in [0.15, 0.2) is 0 Å². The molecule has 0 aliphatic carbocycles. The molecule has 1 aromatic heterocycles. The standard InChI is InChI=1S/C23H29N3O2S.ClH/c1-25-17-21(22-13-19(8-9-23(22)25)14-24-29(2,27)28)12-20-10-11-26(16-20)15-18-6-4-3-5-7-18;/h3-9,13,17,20,24H,10-12,14-16H2,1-2H3;1H. The number of aromatic nitrogens is 1. The van der Waals surface area contributed by atoms with Crippen molar-refractivity contribution in [1.82, 2.24) is 14.2 Å². The van der Waals surface area contributed by atoms with Crippen molar-refractivity contribution in [2.45, 2.75) is 25.9 Å². The van der Waals surface area contributed by atoms with Gasteiger partial charge in [0.1, 0.15) is 0 Å². The molecule has 1 saturated heterocycles. The van der Waals surface area contributed by atoms with Gasteiger partial charge in [-0.05, 0) is 54.1 Å². The molecule has 3 aromatic rings. The Morgan fingerprint density at radius 2 is 1.87 bits per heavy atom. The van der Waals surface area contributed by atoms with Gasteiger partial charge in [-0.2, -0.15) is 0 Å². The second kappa shape index (κ2) is 9.52. The molecule has 0 bridgehead atoms. The predicted molar refractivity (Wildman–Crippen MR) is 125 cm³/mol. The Kier molecular flexibility index (Phi) is 7.24. The molecular weight excluding hydrogens is 418 g/mol. The smallest absolute Gasteiger partial charge is 0.209 e. The Balaban J connectivity index is 0.00000256. The lowest BCUT2D eigenvalue weighted by Crippen LogP contribution is -2.21. The lowest BCUT2D eigenvalue weighted by molar-refractivity contribution is 0.316. The zero-order valence-electron chi connectivity index (χ0n) is 17.5. The fraction of sp³-hybridized carbons (Fsp3) is 0.391. The number of nitrogens with one attached hydrogen (secondary N) is 1. The van der Waals surface area contributed by atoms with Gasteiger partial charge in [0.2, 0.25) is 10.0 Å². The lowest BCUT2D eigenvalue weighted by atomic mass is 9.97. The Morgan fingerprint density at radius 1 is 1.10 bits per heavy atom. The van der Waals surface area contributed by atoms with Gasteiger partial charge in [0.25, 0.3) is 0 Å². The minimum absolute atomic E-state index is 0. The van der Waals surface area contributed by atoms with E-state index in [0.29, 0.717) is 12.5 Å². The second-order valence-electron chi connectivity index (χ2n) is 8.29. The molecule has 2 aromatic carbocycles. The fourth-order valence-electron chi connectivity index (χ4n) is 4.38. The molecule has 0 amide bonds. The quantitative estimate of drug-likeness (QED) is 0.600. The number of fused-ring (bicyclic) bond motifs is 1. The highest BCUT2D eigenvalue weighted by Gasteiger charge is 2.24. The molecule has 1 unspecified atom stereocenters. The summed E-state index contributed by atoms with van der Waals surface area (Å²) in [7, 11) is -1.11. The number of nitrogens with zero attached hydrogens (tertiary/aromatic N) is 2. The van der Waals surface area contributed by atoms with Gasteiger partial charge in [-0.15, -0.1) is 12.4 Å². The van der Waals surface area contributed by atoms with Crippen LogP contribution in [0.4, 0.5) is 0 Å². The maximum atomic E-state index is 11.4. The number of hydrogen-bond acceptors (Lipinski definition) is 3. The van der Waals surface area contributed by atoms with Gasteiger partial charge in [-0.1, -0.05) is 36.4 Å². The van der Waals surface area contributed by atoms with Crippen molar-refractivity contribution in [3.05, 3.63) is 71.4 Å². The molecule has 162 valence electrons. The highest BCUT2D eigenvalue weighted by molar-refractivity contribution is 7.88. The van der Waals surface area contributed by atoms with Crippen molar-refractivity contribution in [3.8, 4) is 0 Å². The van der Waals surface area contributed by atoms with Crippen LogP contribution < -0.4 is 4.72 Å². The zero-order chi connectivity index (χ0) is 20.4. The van der Waals surface area contributed by atoms with E-state index in [1.54, 1.807) is 0 Å². The summed E-state index contributed by atoms with van der Waals surface area (Å²) in [6.07, 6.45) is 5.71. The molecular formula is C23H30ClN3O2S. The summed E-state index contributed by atoms with van der Waals surface area (Å²) in [4.78, 5) is 2.55. The Labute approximate surface area is 185 Å². The van der Waals surface area contributed by atoms with E-state index in [1.165, 1.54) is 34.7 Å². The summed E-state index contributed by atoms with van der Waals surface area (Å²) in [5, 5.41) is 1.24. The van der Waals surface area contributed by atoms with Crippen LogP contribution in [0.25, 0.3) is 10.9 Å². The monoisotopic (exact) mass is 447 g/mol. The molecule has 4 rings (SSSR count). The molecule has 1 aliphatic rings. The zero-order valence-corrected chi connectivity index (χ0v) is 19.2. The van der Waals surface area contributed by atoms with E-state index in [-0.39, 0.29) is 12.4 Å². The van der Waals surface area contributed by atoms with Crippen LogP contribution in [0.2, 0.25) is 0 Å². The molecule has 7 heteroatoms. The highest BCUT2D eigenvalue weighted by Crippen LogP contribution is 2.28. The Bertz CT molecular complexity index is 1100. The largest absolute Gasteiger partial charge is 0.350 e. The maximum Gasteiger partial charge on any atom is 0.209 e. The number of benzene rings is 2. The first-order valence-electron chi connectivity index (χ1n) is 10.1. The van der Waals surface area contributed by atoms with Crippen molar-refractivity contribution in [2.75, 3.05) is 19.3 Å². The average Bonchev–Trinajstić information content (AvgIpc) is 3.25. The van der Waals surface area contributed by atoms with Crippen LogP contribution in [0.3, 0.4) is 0 Å². The minimum Gasteiger partial charge on any atom is -0.350 e. The first-order valence-corrected chi connectivity index (χ1v) is 12.0. The van der Waals surface area contributed by atoms with E-state index in [2.05, 4.69) is 69.9 Å². The SMILES string of the molecule is Cl.Cn1cc(CC2CCN(Cc3ccccc3)C2)c2cc(CNS(C)(=O)=O)ccc21. The summed E-state index contributed by atoms with van der Waals surface area (Å²) < 4.78 is 27.6. The maximum absolute atomic E-state index is 11.4. The van der Waals surface area contributed by atoms with Gasteiger partial charge < -0.3 is 4.57 Å². The van der Waals surface area contributed by atoms with Crippen molar-refractivity contribution in [1.29, 1.82) is 0 Å². The lowest BCUT2D eigenvalue weighted by Gasteiger charge is -2.16. The highest BCUT2D eigenvalue weighted by atomic mass is 35.5. The van der Waals surface area contributed by atoms with Gasteiger partial charge in [-0.3, -0.25) is 4.90 Å². The normalized spacial score (nSPS) is 17.3. The van der Waals surface area contributed by atoms with Crippen LogP contribution in [0, 0.1) is 5.92 Å². The van der Waals surface area contributed by atoms with Crippen molar-refractivity contribution >= 4 is 33.3 Å². The molecule has 1 atom stereocenters. The average molecular weight is 448 g/mol. The van der Waals surface area contributed by atoms with E-state index in [1.807, 2.05) is 6.07 Å². The van der Waals surface area contributed by atoms with Crippen molar-refractivity contribution in [3.63, 3.8) is 0 Å². The third-order valence-electron chi connectivity index (χ3n) is 5.80. The molecule has 5 nitrogen and oxygen atoms in total. The Morgan fingerprint density at radius 3 is 2.60 bits per heavy atom. The van der Waals surface area contributed by atoms with E-state index in [4.69, 9.17) is 0 Å². The minimum atomic E-state index is -3.19. The third kappa shape index (κ3) is 5.64. The first kappa shape index (κ1) is 22.8. The molecule has 0 saturated carbocycles. The summed E-state index contributed by atoms with van der Waals surface area (Å²) in [6.45, 7) is 3.63. The van der Waals surface area contributed by atoms with Gasteiger partial charge in [0, 0.05) is 43.8 Å². The molecule has 30 heavy (non-hydrogen) atoms. The molecule has 1 fully saturated rings. The molecule has 0 radical (unpaired) electrons. The van der Waals surface area contributed by atoms with Gasteiger partial charge in [-0.25, -0.2) is 13.1 Å². The summed E-state index contributed by atoms with van der Waals surface area (Å²) in [6, 6.07) is 16.9. The van der Waals surface area contributed by atoms with Gasteiger partial charge >= 0.3 is 0 Å². The molecule has 1 N–H and O–H groups in total. The molecule has 2 heterocycles. The van der Waals surface area contributed by atoms with Gasteiger partial charge in [0.05, 0.1) is 6.26 Å². The van der Waals surface area contributed by atoms with E-state index in [9.17, 15) is 8.42 Å². The van der Waals surface area contributed by atoms with Crippen LogP contribution in [-0.2, 0) is 36.6 Å². The van der Waals surface area contributed by atoms with E-state index in [0.717, 1.165) is 31.6 Å². The number of halogens is 1. The summed E-state index contributed by atoms with van der Waals surface area (Å²) in [5.74, 6) is 0.655. The number of rotatable bonds is 7. The number of aryl methyl sites for hydroxylation is 1. The topological polar surface area (TPSA) is 54.3 Å². The number of sulfonamides is 1. The van der Waals surface area contributed by atoms with Crippen molar-refractivity contribution in [2.24, 2.45) is 13.0 Å². The van der Waals surface area contributed by atoms with Crippen molar-refractivity contribution < 1.29 is 8.42 Å². The van der Waals surface area contributed by atoms with E-state index >= 15 is 0 Å². The van der Waals surface area contributed by atoms with E-state index < -0.39 is 10.0 Å². The third-order valence-corrected chi connectivity index (χ3v) is 6.47. The summed E-state index contributed by atoms with van der Waals surface area (Å²) >= 11 is 0. The number of likely N-dealkylation sites (tertiary alicyclic amines) is 1. The van der Waals surface area contributed by atoms with Crippen LogP contribution in [0.5, 0.6) is 0 Å².